The lowest BCUT2D eigenvalue weighted by molar-refractivity contribution is 1.12. The Labute approximate surface area is 488 Å². The molecule has 0 aliphatic rings. The number of benzene rings is 13. The van der Waals surface area contributed by atoms with Gasteiger partial charge in [-0.1, -0.05) is 206 Å². The van der Waals surface area contributed by atoms with Crippen LogP contribution in [0.25, 0.3) is 160 Å². The Morgan fingerprint density at radius 2 is 0.553 bits per heavy atom. The van der Waals surface area contributed by atoms with Gasteiger partial charge in [0.2, 0.25) is 0 Å². The first kappa shape index (κ1) is 47.0. The molecule has 18 aromatic rings. The van der Waals surface area contributed by atoms with E-state index in [1.165, 1.54) is 5.39 Å². The van der Waals surface area contributed by atoms with E-state index in [0.717, 1.165) is 154 Å². The average Bonchev–Trinajstić information content (AvgIpc) is 1.59. The molecule has 0 aliphatic heterocycles. The van der Waals surface area contributed by atoms with Crippen molar-refractivity contribution in [2.45, 2.75) is 0 Å². The third-order valence-electron chi connectivity index (χ3n) is 17.9. The fourth-order valence-electron chi connectivity index (χ4n) is 14.4. The first-order valence-electron chi connectivity index (χ1n) is 29.0. The predicted molar refractivity (Wildman–Crippen MR) is 354 cm³/mol. The summed E-state index contributed by atoms with van der Waals surface area (Å²) in [5, 5.41) is 23.8. The first-order chi connectivity index (χ1) is 42.2. The number of para-hydroxylation sites is 8. The standard InChI is InChI=1S/C79H48N6/c80-49-63-70(84-64-36-18-13-31-57(64)58-45-46-69-72(76(58)84)59-32-14-19-37-65(59)81(69)54-25-7-2-8-26-54)47-53(52-43-41-51(42-44-52)50-23-5-1-6-24-50)48-71(63)85-68-40-22-17-35-62(68)75-78-73(60-33-15-20-38-66(60)82(78)55-27-9-3-10-28-55)77-74(79(75)85)61-34-16-21-39-67(61)83(77)56-29-11-4-12-30-56/h1-48H. The highest BCUT2D eigenvalue weighted by atomic mass is 15.1. The van der Waals surface area contributed by atoms with Crippen molar-refractivity contribution in [3.8, 4) is 56.8 Å². The van der Waals surface area contributed by atoms with Gasteiger partial charge in [0.15, 0.2) is 0 Å². The molecule has 85 heavy (non-hydrogen) atoms. The zero-order valence-electron chi connectivity index (χ0n) is 45.9. The number of rotatable bonds is 7. The fourth-order valence-corrected chi connectivity index (χ4v) is 14.4. The van der Waals surface area contributed by atoms with Gasteiger partial charge in [-0.3, -0.25) is 0 Å². The lowest BCUT2D eigenvalue weighted by Gasteiger charge is -2.19. The van der Waals surface area contributed by atoms with Crippen molar-refractivity contribution in [2.24, 2.45) is 0 Å². The Bertz CT molecular complexity index is 5740. The van der Waals surface area contributed by atoms with E-state index in [9.17, 15) is 5.26 Å². The molecule has 0 radical (unpaired) electrons. The van der Waals surface area contributed by atoms with E-state index in [1.807, 2.05) is 0 Å². The third kappa shape index (κ3) is 6.63. The van der Waals surface area contributed by atoms with Crippen molar-refractivity contribution in [2.75, 3.05) is 0 Å². The number of hydrogen-bond donors (Lipinski definition) is 0. The molecule has 0 spiro atoms. The van der Waals surface area contributed by atoms with E-state index < -0.39 is 0 Å². The van der Waals surface area contributed by atoms with Crippen LogP contribution in [0.3, 0.4) is 0 Å². The lowest BCUT2D eigenvalue weighted by atomic mass is 9.97. The summed E-state index contributed by atoms with van der Waals surface area (Å²) in [5.41, 5.74) is 20.4. The van der Waals surface area contributed by atoms with Gasteiger partial charge in [0.05, 0.1) is 66.5 Å². The average molecular weight is 1080 g/mol. The van der Waals surface area contributed by atoms with Crippen LogP contribution in [-0.4, -0.2) is 22.8 Å². The number of hydrogen-bond acceptors (Lipinski definition) is 1. The van der Waals surface area contributed by atoms with E-state index in [1.54, 1.807) is 0 Å². The summed E-state index contributed by atoms with van der Waals surface area (Å²) in [5.74, 6) is 0. The molecule has 13 aromatic carbocycles. The maximum Gasteiger partial charge on any atom is 0.104 e. The molecule has 6 heteroatoms. The van der Waals surface area contributed by atoms with Crippen molar-refractivity contribution in [1.82, 2.24) is 22.8 Å². The summed E-state index contributed by atoms with van der Waals surface area (Å²) in [6.07, 6.45) is 0. The Kier molecular flexibility index (Phi) is 10.1. The molecule has 0 fully saturated rings. The van der Waals surface area contributed by atoms with Gasteiger partial charge in [-0.15, -0.1) is 0 Å². The van der Waals surface area contributed by atoms with Crippen LogP contribution in [0, 0.1) is 11.3 Å². The summed E-state index contributed by atoms with van der Waals surface area (Å²) in [7, 11) is 0. The molecule has 0 N–H and O–H groups in total. The molecule has 0 atom stereocenters. The van der Waals surface area contributed by atoms with Crippen LogP contribution in [0.1, 0.15) is 5.56 Å². The minimum absolute atomic E-state index is 0.558. The van der Waals surface area contributed by atoms with Crippen molar-refractivity contribution >= 4 is 109 Å². The minimum Gasteiger partial charge on any atom is -0.309 e. The molecular formula is C79H48N6. The Morgan fingerprint density at radius 1 is 0.224 bits per heavy atom. The monoisotopic (exact) mass is 1080 g/mol. The summed E-state index contributed by atoms with van der Waals surface area (Å²) in [6, 6.07) is 108. The van der Waals surface area contributed by atoms with Gasteiger partial charge in [-0.05, 0) is 107 Å². The normalized spacial score (nSPS) is 12.0. The van der Waals surface area contributed by atoms with Gasteiger partial charge >= 0.3 is 0 Å². The van der Waals surface area contributed by atoms with Gasteiger partial charge < -0.3 is 22.8 Å². The number of nitriles is 1. The zero-order valence-corrected chi connectivity index (χ0v) is 45.9. The number of nitrogens with zero attached hydrogens (tertiary/aromatic N) is 6. The highest BCUT2D eigenvalue weighted by molar-refractivity contribution is 6.40. The minimum atomic E-state index is 0.558. The molecule has 18 rings (SSSR count). The highest BCUT2D eigenvalue weighted by Crippen LogP contribution is 2.52. The molecule has 0 amide bonds. The molecule has 0 saturated carbocycles. The molecule has 0 bridgehead atoms. The van der Waals surface area contributed by atoms with E-state index in [4.69, 9.17) is 0 Å². The van der Waals surface area contributed by atoms with E-state index in [-0.39, 0.29) is 0 Å². The topological polar surface area (TPSA) is 48.4 Å². The highest BCUT2D eigenvalue weighted by Gasteiger charge is 2.31. The Hall–Kier alpha value is -11.7. The predicted octanol–water partition coefficient (Wildman–Crippen LogP) is 20.4. The number of aromatic nitrogens is 5. The smallest absolute Gasteiger partial charge is 0.104 e. The van der Waals surface area contributed by atoms with Crippen LogP contribution in [-0.2, 0) is 0 Å². The van der Waals surface area contributed by atoms with Crippen LogP contribution < -0.4 is 0 Å². The SMILES string of the molecule is N#Cc1c(-n2c3ccccc3c3ccc4c(c5ccccc5n4-c4ccccc4)c32)cc(-c2ccc(-c3ccccc3)cc2)cc1-n1c2ccccc2c2c3c(c4ccccc4n3-c3ccccc3)c3c(c4ccccc4n3-c3ccccc3)c21. The van der Waals surface area contributed by atoms with Crippen LogP contribution in [0.5, 0.6) is 0 Å². The van der Waals surface area contributed by atoms with E-state index in [0.29, 0.717) is 5.56 Å². The fraction of sp³-hybridized carbons (Fsp3) is 0. The van der Waals surface area contributed by atoms with Crippen molar-refractivity contribution < 1.29 is 0 Å². The quantitative estimate of drug-likeness (QED) is 0.157. The maximum absolute atomic E-state index is 12.6. The van der Waals surface area contributed by atoms with E-state index >= 15 is 0 Å². The van der Waals surface area contributed by atoms with Gasteiger partial charge in [0.1, 0.15) is 11.6 Å². The molecule has 0 saturated heterocycles. The number of fused-ring (bicyclic) bond motifs is 19. The van der Waals surface area contributed by atoms with E-state index in [2.05, 4.69) is 320 Å². The summed E-state index contributed by atoms with van der Waals surface area (Å²) in [6.45, 7) is 0. The van der Waals surface area contributed by atoms with Crippen LogP contribution >= 0.6 is 0 Å². The van der Waals surface area contributed by atoms with Crippen molar-refractivity contribution in [3.63, 3.8) is 0 Å². The molecule has 0 unspecified atom stereocenters. The third-order valence-corrected chi connectivity index (χ3v) is 17.9. The summed E-state index contributed by atoms with van der Waals surface area (Å²) in [4.78, 5) is 0. The van der Waals surface area contributed by atoms with Gasteiger partial charge in [-0.2, -0.15) is 5.26 Å². The molecule has 5 aromatic heterocycles. The van der Waals surface area contributed by atoms with Gasteiger partial charge in [0.25, 0.3) is 0 Å². The van der Waals surface area contributed by atoms with Crippen LogP contribution in [0.4, 0.5) is 0 Å². The molecule has 0 aliphatic carbocycles. The largest absolute Gasteiger partial charge is 0.309 e. The Morgan fingerprint density at radius 3 is 1.02 bits per heavy atom. The molecule has 5 heterocycles. The first-order valence-corrected chi connectivity index (χ1v) is 29.0. The Balaban J connectivity index is 1.07. The second kappa shape index (κ2) is 18.2. The van der Waals surface area contributed by atoms with Crippen LogP contribution in [0.15, 0.2) is 291 Å². The molecule has 6 nitrogen and oxygen atoms in total. The zero-order chi connectivity index (χ0) is 55.9. The van der Waals surface area contributed by atoms with Gasteiger partial charge in [0, 0.05) is 70.9 Å². The molecular weight excluding hydrogens is 1030 g/mol. The maximum atomic E-state index is 12.6. The van der Waals surface area contributed by atoms with Crippen molar-refractivity contribution in [1.29, 1.82) is 5.26 Å². The van der Waals surface area contributed by atoms with Crippen LogP contribution in [0.2, 0.25) is 0 Å². The van der Waals surface area contributed by atoms with Gasteiger partial charge in [-0.25, -0.2) is 0 Å². The molecule has 394 valence electrons. The second-order valence-electron chi connectivity index (χ2n) is 22.2. The summed E-state index contributed by atoms with van der Waals surface area (Å²) < 4.78 is 12.2. The summed E-state index contributed by atoms with van der Waals surface area (Å²) >= 11 is 0. The second-order valence-corrected chi connectivity index (χ2v) is 22.2. The van der Waals surface area contributed by atoms with Crippen molar-refractivity contribution in [3.05, 3.63) is 297 Å². The lowest BCUT2D eigenvalue weighted by Crippen LogP contribution is -2.06.